The van der Waals surface area contributed by atoms with Gasteiger partial charge >= 0.3 is 5.97 Å². The molecule has 4 heteroatoms. The Labute approximate surface area is 67.0 Å². The minimum Gasteiger partial charge on any atom is -0.372 e. The van der Waals surface area contributed by atoms with E-state index in [9.17, 15) is 4.79 Å². The lowest BCUT2D eigenvalue weighted by Crippen LogP contribution is -2.34. The van der Waals surface area contributed by atoms with Crippen molar-refractivity contribution in [2.45, 2.75) is 32.7 Å². The van der Waals surface area contributed by atoms with Crippen LogP contribution in [0.3, 0.4) is 0 Å². The topological polar surface area (TPSA) is 64.3 Å². The highest BCUT2D eigenvalue weighted by molar-refractivity contribution is 5.71. The van der Waals surface area contributed by atoms with Crippen molar-refractivity contribution in [3.63, 3.8) is 0 Å². The van der Waals surface area contributed by atoms with E-state index in [4.69, 9.17) is 0 Å². The van der Waals surface area contributed by atoms with Crippen molar-refractivity contribution in [3.8, 4) is 0 Å². The van der Waals surface area contributed by atoms with Crippen LogP contribution < -0.4 is 11.2 Å². The molecule has 0 unspecified atom stereocenters. The molecular weight excluding hydrogens is 144 g/mol. The molecule has 0 aromatic rings. The maximum absolute atomic E-state index is 10.5. The Balaban J connectivity index is 3.42. The number of hydrogen-bond donors (Lipinski definition) is 2. The van der Waals surface area contributed by atoms with Crippen molar-refractivity contribution < 1.29 is 9.63 Å². The Morgan fingerprint density at radius 1 is 1.55 bits per heavy atom. The maximum atomic E-state index is 10.5. The second kappa shape index (κ2) is 6.12. The van der Waals surface area contributed by atoms with Gasteiger partial charge < -0.3 is 10.2 Å². The van der Waals surface area contributed by atoms with Crippen molar-refractivity contribution in [3.05, 3.63) is 0 Å². The first-order chi connectivity index (χ1) is 5.24. The van der Waals surface area contributed by atoms with E-state index in [2.05, 4.69) is 29.9 Å². The highest BCUT2D eigenvalue weighted by Crippen LogP contribution is 1.94. The van der Waals surface area contributed by atoms with Crippen LogP contribution in [-0.4, -0.2) is 18.6 Å². The molecular formula is C7H16N2O2. The summed E-state index contributed by atoms with van der Waals surface area (Å²) in [6, 6.07) is 0.383. The predicted molar refractivity (Wildman–Crippen MR) is 42.7 cm³/mol. The molecule has 4 nitrogen and oxygen atoms in total. The SMILES string of the molecule is CCC(CC)NCC(=O)ON. The number of hydrogen-bond acceptors (Lipinski definition) is 4. The molecule has 0 aliphatic heterocycles. The average molecular weight is 160 g/mol. The summed E-state index contributed by atoms with van der Waals surface area (Å²) in [7, 11) is 0. The number of carbonyl (C=O) groups is 1. The zero-order chi connectivity index (χ0) is 8.69. The van der Waals surface area contributed by atoms with Gasteiger partial charge in [-0.1, -0.05) is 13.8 Å². The largest absolute Gasteiger partial charge is 0.372 e. The molecule has 0 saturated heterocycles. The summed E-state index contributed by atoms with van der Waals surface area (Å²) in [5.41, 5.74) is 0. The van der Waals surface area contributed by atoms with Gasteiger partial charge in [-0.15, -0.1) is 0 Å². The van der Waals surface area contributed by atoms with Crippen LogP contribution in [0.2, 0.25) is 0 Å². The Hall–Kier alpha value is -0.610. The zero-order valence-corrected chi connectivity index (χ0v) is 7.09. The first-order valence-electron chi connectivity index (χ1n) is 3.87. The van der Waals surface area contributed by atoms with Crippen LogP contribution in [-0.2, 0) is 9.63 Å². The maximum Gasteiger partial charge on any atom is 0.338 e. The molecule has 66 valence electrons. The van der Waals surface area contributed by atoms with Crippen LogP contribution in [0.4, 0.5) is 0 Å². The minimum atomic E-state index is -0.420. The van der Waals surface area contributed by atoms with E-state index in [1.165, 1.54) is 0 Å². The Morgan fingerprint density at radius 2 is 2.09 bits per heavy atom. The molecule has 0 amide bonds. The summed E-state index contributed by atoms with van der Waals surface area (Å²) in [6.45, 7) is 4.33. The smallest absolute Gasteiger partial charge is 0.338 e. The van der Waals surface area contributed by atoms with E-state index in [1.807, 2.05) is 0 Å². The third kappa shape index (κ3) is 4.75. The first-order valence-corrected chi connectivity index (χ1v) is 3.87. The van der Waals surface area contributed by atoms with Crippen LogP contribution in [0.15, 0.2) is 0 Å². The molecule has 0 saturated carbocycles. The lowest BCUT2D eigenvalue weighted by molar-refractivity contribution is -0.143. The molecule has 0 bridgehead atoms. The molecule has 0 aliphatic rings. The van der Waals surface area contributed by atoms with E-state index >= 15 is 0 Å². The summed E-state index contributed by atoms with van der Waals surface area (Å²) in [5.74, 6) is 4.23. The van der Waals surface area contributed by atoms with E-state index in [0.717, 1.165) is 12.8 Å². The lowest BCUT2D eigenvalue weighted by Gasteiger charge is -2.12. The van der Waals surface area contributed by atoms with Crippen molar-refractivity contribution in [2.75, 3.05) is 6.54 Å². The molecule has 0 aromatic carbocycles. The minimum absolute atomic E-state index is 0.197. The molecule has 3 N–H and O–H groups in total. The van der Waals surface area contributed by atoms with Crippen molar-refractivity contribution in [1.29, 1.82) is 0 Å². The van der Waals surface area contributed by atoms with E-state index in [-0.39, 0.29) is 6.54 Å². The first kappa shape index (κ1) is 10.4. The van der Waals surface area contributed by atoms with Gasteiger partial charge in [0.2, 0.25) is 0 Å². The van der Waals surface area contributed by atoms with Crippen LogP contribution in [0.25, 0.3) is 0 Å². The van der Waals surface area contributed by atoms with Gasteiger partial charge in [0.15, 0.2) is 0 Å². The van der Waals surface area contributed by atoms with Gasteiger partial charge in [-0.2, -0.15) is 5.90 Å². The molecule has 0 fully saturated rings. The van der Waals surface area contributed by atoms with Gasteiger partial charge in [-0.3, -0.25) is 0 Å². The third-order valence-corrected chi connectivity index (χ3v) is 1.65. The molecule has 0 atom stereocenters. The fourth-order valence-electron chi connectivity index (χ4n) is 0.847. The van der Waals surface area contributed by atoms with Gasteiger partial charge in [0.1, 0.15) is 0 Å². The lowest BCUT2D eigenvalue weighted by atomic mass is 10.2. The standard InChI is InChI=1S/C7H16N2O2/c1-3-6(4-2)9-5-7(10)11-8/h6,9H,3-5,8H2,1-2H3. The Bertz CT molecular complexity index is 113. The van der Waals surface area contributed by atoms with E-state index < -0.39 is 5.97 Å². The Kier molecular flexibility index (Phi) is 5.78. The van der Waals surface area contributed by atoms with Crippen molar-refractivity contribution in [2.24, 2.45) is 5.90 Å². The molecule has 0 aromatic heterocycles. The zero-order valence-electron chi connectivity index (χ0n) is 7.09. The van der Waals surface area contributed by atoms with Crippen molar-refractivity contribution in [1.82, 2.24) is 5.32 Å². The van der Waals surface area contributed by atoms with E-state index in [1.54, 1.807) is 0 Å². The van der Waals surface area contributed by atoms with Crippen LogP contribution in [0.5, 0.6) is 0 Å². The normalized spacial score (nSPS) is 10.2. The molecule has 0 aliphatic carbocycles. The summed E-state index contributed by atoms with van der Waals surface area (Å²) >= 11 is 0. The molecule has 0 spiro atoms. The van der Waals surface area contributed by atoms with Gasteiger partial charge in [-0.25, -0.2) is 4.79 Å². The number of nitrogens with two attached hydrogens (primary N) is 1. The molecule has 11 heavy (non-hydrogen) atoms. The number of rotatable bonds is 5. The summed E-state index contributed by atoms with van der Waals surface area (Å²) in [5, 5.41) is 3.02. The summed E-state index contributed by atoms with van der Waals surface area (Å²) in [6.07, 6.45) is 2.02. The Morgan fingerprint density at radius 3 is 2.45 bits per heavy atom. The third-order valence-electron chi connectivity index (χ3n) is 1.65. The molecule has 0 rings (SSSR count). The van der Waals surface area contributed by atoms with Crippen LogP contribution in [0.1, 0.15) is 26.7 Å². The second-order valence-electron chi connectivity index (χ2n) is 2.38. The highest BCUT2D eigenvalue weighted by Gasteiger charge is 2.05. The molecule has 0 radical (unpaired) electrons. The van der Waals surface area contributed by atoms with E-state index in [0.29, 0.717) is 6.04 Å². The summed E-state index contributed by atoms with van der Waals surface area (Å²) in [4.78, 5) is 14.5. The average Bonchev–Trinajstić information content (AvgIpc) is 2.06. The fourth-order valence-corrected chi connectivity index (χ4v) is 0.847. The predicted octanol–water partition coefficient (Wildman–Crippen LogP) is 0.182. The monoisotopic (exact) mass is 160 g/mol. The second-order valence-corrected chi connectivity index (χ2v) is 2.38. The van der Waals surface area contributed by atoms with Crippen LogP contribution in [0, 0.1) is 0 Å². The number of nitrogens with one attached hydrogen (secondary N) is 1. The van der Waals surface area contributed by atoms with Gasteiger partial charge in [0, 0.05) is 6.04 Å². The summed E-state index contributed by atoms with van der Waals surface area (Å²) < 4.78 is 0. The van der Waals surface area contributed by atoms with Gasteiger partial charge in [0.05, 0.1) is 6.54 Å². The van der Waals surface area contributed by atoms with Crippen LogP contribution >= 0.6 is 0 Å². The fraction of sp³-hybridized carbons (Fsp3) is 0.857. The molecule has 0 heterocycles. The van der Waals surface area contributed by atoms with Crippen molar-refractivity contribution >= 4 is 5.97 Å². The van der Waals surface area contributed by atoms with Gasteiger partial charge in [-0.05, 0) is 12.8 Å². The quantitative estimate of drug-likeness (QED) is 0.563. The number of carbonyl (C=O) groups excluding carboxylic acids is 1. The van der Waals surface area contributed by atoms with Gasteiger partial charge in [0.25, 0.3) is 0 Å². The highest BCUT2D eigenvalue weighted by atomic mass is 16.7.